The van der Waals surface area contributed by atoms with Crippen LogP contribution in [-0.2, 0) is 4.79 Å². The van der Waals surface area contributed by atoms with Crippen LogP contribution in [-0.4, -0.2) is 26.7 Å². The first-order valence-corrected chi connectivity index (χ1v) is 5.39. The van der Waals surface area contributed by atoms with Crippen molar-refractivity contribution in [1.29, 1.82) is 0 Å². The van der Waals surface area contributed by atoms with Crippen LogP contribution >= 0.6 is 0 Å². The third-order valence-electron chi connectivity index (χ3n) is 2.20. The Labute approximate surface area is 101 Å². The molecule has 0 aromatic heterocycles. The molecule has 4 nitrogen and oxygen atoms in total. The van der Waals surface area contributed by atoms with Crippen molar-refractivity contribution in [3.05, 3.63) is 29.8 Å². The van der Waals surface area contributed by atoms with Gasteiger partial charge < -0.3 is 14.8 Å². The van der Waals surface area contributed by atoms with Gasteiger partial charge in [0.15, 0.2) is 0 Å². The fourth-order valence-electron chi connectivity index (χ4n) is 1.37. The van der Waals surface area contributed by atoms with Gasteiger partial charge in [-0.25, -0.2) is 0 Å². The molecule has 1 aromatic carbocycles. The summed E-state index contributed by atoms with van der Waals surface area (Å²) in [6, 6.07) is 5.42. The van der Waals surface area contributed by atoms with Crippen LogP contribution in [0.1, 0.15) is 12.5 Å². The van der Waals surface area contributed by atoms with Crippen molar-refractivity contribution in [3.8, 4) is 11.5 Å². The summed E-state index contributed by atoms with van der Waals surface area (Å²) in [5.74, 6) is 1.30. The summed E-state index contributed by atoms with van der Waals surface area (Å²) in [4.78, 5) is 11.3. The summed E-state index contributed by atoms with van der Waals surface area (Å²) in [6.45, 7) is 2.48. The Morgan fingerprint density at radius 1 is 1.35 bits per heavy atom. The zero-order valence-electron chi connectivity index (χ0n) is 10.3. The van der Waals surface area contributed by atoms with E-state index in [9.17, 15) is 4.79 Å². The zero-order chi connectivity index (χ0) is 12.7. The second-order valence-corrected chi connectivity index (χ2v) is 3.34. The molecule has 1 N–H and O–H groups in total. The number of hydrogen-bond acceptors (Lipinski definition) is 3. The van der Waals surface area contributed by atoms with Crippen LogP contribution in [0.4, 0.5) is 0 Å². The van der Waals surface area contributed by atoms with E-state index in [1.165, 1.54) is 6.08 Å². The number of carbonyl (C=O) groups is 1. The summed E-state index contributed by atoms with van der Waals surface area (Å²) in [7, 11) is 3.18. The normalized spacial score (nSPS) is 10.3. The molecule has 17 heavy (non-hydrogen) atoms. The van der Waals surface area contributed by atoms with E-state index in [1.54, 1.807) is 26.4 Å². The van der Waals surface area contributed by atoms with Crippen molar-refractivity contribution in [2.75, 3.05) is 20.8 Å². The van der Waals surface area contributed by atoms with Gasteiger partial charge >= 0.3 is 0 Å². The molecule has 1 amide bonds. The molecule has 0 unspecified atom stereocenters. The molecule has 0 radical (unpaired) electrons. The van der Waals surface area contributed by atoms with Crippen LogP contribution in [0.15, 0.2) is 24.3 Å². The second kappa shape index (κ2) is 6.58. The Kier molecular flexibility index (Phi) is 5.07. The van der Waals surface area contributed by atoms with Gasteiger partial charge in [-0.15, -0.1) is 0 Å². The fraction of sp³-hybridized carbons (Fsp3) is 0.308. The highest BCUT2D eigenvalue weighted by Gasteiger charge is 2.02. The van der Waals surface area contributed by atoms with Crippen molar-refractivity contribution in [3.63, 3.8) is 0 Å². The maximum atomic E-state index is 11.3. The summed E-state index contributed by atoms with van der Waals surface area (Å²) < 4.78 is 10.3. The molecule has 0 saturated heterocycles. The highest BCUT2D eigenvalue weighted by atomic mass is 16.5. The lowest BCUT2D eigenvalue weighted by Gasteiger charge is -2.07. The van der Waals surface area contributed by atoms with E-state index in [0.717, 1.165) is 11.3 Å². The van der Waals surface area contributed by atoms with E-state index in [0.29, 0.717) is 12.3 Å². The van der Waals surface area contributed by atoms with Crippen molar-refractivity contribution in [2.45, 2.75) is 6.92 Å². The first kappa shape index (κ1) is 13.1. The van der Waals surface area contributed by atoms with Gasteiger partial charge in [0, 0.05) is 18.2 Å². The van der Waals surface area contributed by atoms with Crippen LogP contribution in [0.3, 0.4) is 0 Å². The first-order valence-electron chi connectivity index (χ1n) is 5.39. The van der Waals surface area contributed by atoms with Crippen LogP contribution in [0.5, 0.6) is 11.5 Å². The van der Waals surface area contributed by atoms with Crippen molar-refractivity contribution >= 4 is 12.0 Å². The number of methoxy groups -OCH3 is 2. The molecule has 0 aliphatic rings. The standard InChI is InChI=1S/C13H17NO3/c1-4-14-13(15)8-5-10-9-11(16-2)6-7-12(10)17-3/h5-9H,4H2,1-3H3,(H,14,15). The smallest absolute Gasteiger partial charge is 0.243 e. The number of ether oxygens (including phenoxy) is 2. The molecular weight excluding hydrogens is 218 g/mol. The van der Waals surface area contributed by atoms with Gasteiger partial charge in [0.05, 0.1) is 14.2 Å². The van der Waals surface area contributed by atoms with Gasteiger partial charge in [-0.3, -0.25) is 4.79 Å². The molecule has 0 bridgehead atoms. The Morgan fingerprint density at radius 3 is 2.71 bits per heavy atom. The summed E-state index contributed by atoms with van der Waals surface area (Å²) in [5.41, 5.74) is 0.804. The minimum Gasteiger partial charge on any atom is -0.497 e. The Hall–Kier alpha value is -1.97. The van der Waals surface area contributed by atoms with Crippen molar-refractivity contribution in [1.82, 2.24) is 5.32 Å². The number of hydrogen-bond donors (Lipinski definition) is 1. The second-order valence-electron chi connectivity index (χ2n) is 3.34. The molecule has 0 aliphatic heterocycles. The van der Waals surface area contributed by atoms with Gasteiger partial charge in [0.2, 0.25) is 5.91 Å². The lowest BCUT2D eigenvalue weighted by Crippen LogP contribution is -2.19. The molecule has 1 rings (SSSR count). The van der Waals surface area contributed by atoms with Crippen LogP contribution in [0.2, 0.25) is 0 Å². The molecular formula is C13H17NO3. The lowest BCUT2D eigenvalue weighted by molar-refractivity contribution is -0.116. The van der Waals surface area contributed by atoms with Gasteiger partial charge in [-0.1, -0.05) is 0 Å². The summed E-state index contributed by atoms with van der Waals surface area (Å²) in [6.07, 6.45) is 3.17. The Balaban J connectivity index is 2.91. The highest BCUT2D eigenvalue weighted by Crippen LogP contribution is 2.24. The van der Waals surface area contributed by atoms with Gasteiger partial charge in [-0.05, 0) is 31.2 Å². The fourth-order valence-corrected chi connectivity index (χ4v) is 1.37. The lowest BCUT2D eigenvalue weighted by atomic mass is 10.1. The minimum absolute atomic E-state index is 0.127. The van der Waals surface area contributed by atoms with Crippen LogP contribution in [0, 0.1) is 0 Å². The van der Waals surface area contributed by atoms with Crippen LogP contribution < -0.4 is 14.8 Å². The highest BCUT2D eigenvalue weighted by molar-refractivity contribution is 5.92. The third-order valence-corrected chi connectivity index (χ3v) is 2.20. The van der Waals surface area contributed by atoms with Gasteiger partial charge in [0.25, 0.3) is 0 Å². The van der Waals surface area contributed by atoms with E-state index in [4.69, 9.17) is 9.47 Å². The predicted octanol–water partition coefficient (Wildman–Crippen LogP) is 1.85. The number of amides is 1. The largest absolute Gasteiger partial charge is 0.497 e. The zero-order valence-corrected chi connectivity index (χ0v) is 10.3. The third kappa shape index (κ3) is 3.83. The quantitative estimate of drug-likeness (QED) is 0.792. The SMILES string of the molecule is CCNC(=O)C=Cc1cc(OC)ccc1OC. The number of nitrogens with one attached hydrogen (secondary N) is 1. The van der Waals surface area contributed by atoms with Crippen molar-refractivity contribution < 1.29 is 14.3 Å². The Morgan fingerprint density at radius 2 is 2.12 bits per heavy atom. The minimum atomic E-state index is -0.127. The van der Waals surface area contributed by atoms with Gasteiger partial charge in [0.1, 0.15) is 11.5 Å². The van der Waals surface area contributed by atoms with E-state index < -0.39 is 0 Å². The molecule has 0 atom stereocenters. The molecule has 0 saturated carbocycles. The van der Waals surface area contributed by atoms with Gasteiger partial charge in [-0.2, -0.15) is 0 Å². The van der Waals surface area contributed by atoms with E-state index in [1.807, 2.05) is 19.1 Å². The first-order chi connectivity index (χ1) is 8.21. The van der Waals surface area contributed by atoms with E-state index in [-0.39, 0.29) is 5.91 Å². The molecule has 0 fully saturated rings. The maximum absolute atomic E-state index is 11.3. The number of rotatable bonds is 5. The summed E-state index contributed by atoms with van der Waals surface area (Å²) in [5, 5.41) is 2.68. The molecule has 1 aromatic rings. The Bertz CT molecular complexity index is 413. The molecule has 0 heterocycles. The molecule has 4 heteroatoms. The van der Waals surface area contributed by atoms with Crippen LogP contribution in [0.25, 0.3) is 6.08 Å². The topological polar surface area (TPSA) is 47.6 Å². The average molecular weight is 235 g/mol. The maximum Gasteiger partial charge on any atom is 0.243 e. The molecule has 0 spiro atoms. The van der Waals surface area contributed by atoms with Crippen molar-refractivity contribution in [2.24, 2.45) is 0 Å². The monoisotopic (exact) mass is 235 g/mol. The van der Waals surface area contributed by atoms with E-state index >= 15 is 0 Å². The number of likely N-dealkylation sites (N-methyl/N-ethyl adjacent to an activating group) is 1. The van der Waals surface area contributed by atoms with E-state index in [2.05, 4.69) is 5.32 Å². The molecule has 0 aliphatic carbocycles. The average Bonchev–Trinajstić information content (AvgIpc) is 2.36. The molecule has 92 valence electrons. The summed E-state index contributed by atoms with van der Waals surface area (Å²) >= 11 is 0. The number of benzene rings is 1. The number of carbonyl (C=O) groups excluding carboxylic acids is 1. The predicted molar refractivity (Wildman–Crippen MR) is 67.3 cm³/mol.